The molecule has 2 aromatic carbocycles. The highest BCUT2D eigenvalue weighted by Crippen LogP contribution is 2.14. The lowest BCUT2D eigenvalue weighted by molar-refractivity contribution is -0.116. The Balaban J connectivity index is 1.45. The number of likely N-dealkylation sites (tertiary alicyclic amines) is 1. The van der Waals surface area contributed by atoms with Gasteiger partial charge in [0.25, 0.3) is 0 Å². The second-order valence-corrected chi connectivity index (χ2v) is 6.80. The molecule has 0 aliphatic carbocycles. The van der Waals surface area contributed by atoms with Gasteiger partial charge in [-0.25, -0.2) is 0 Å². The van der Waals surface area contributed by atoms with E-state index in [4.69, 9.17) is 0 Å². The van der Waals surface area contributed by atoms with Crippen LogP contribution in [0.1, 0.15) is 42.9 Å². The number of nitrogens with one attached hydrogen (secondary N) is 1. The van der Waals surface area contributed by atoms with Gasteiger partial charge < -0.3 is 5.32 Å². The van der Waals surface area contributed by atoms with Gasteiger partial charge in [-0.05, 0) is 74.7 Å². The number of carbonyl (C=O) groups is 1. The molecule has 0 spiro atoms. The Labute approximate surface area is 156 Å². The maximum Gasteiger partial charge on any atom is 0.224 e. The molecule has 1 fully saturated rings. The lowest BCUT2D eigenvalue weighted by Gasteiger charge is -2.14. The lowest BCUT2D eigenvalue weighted by Crippen LogP contribution is -2.18. The van der Waals surface area contributed by atoms with Crippen molar-refractivity contribution in [1.82, 2.24) is 4.90 Å². The second kappa shape index (κ2) is 9.22. The molecule has 134 valence electrons. The molecule has 1 amide bonds. The molecular formula is C23H26N2O. The molecule has 1 aliphatic rings. The molecule has 26 heavy (non-hydrogen) atoms. The number of nitrogens with zero attached hydrogens (tertiary/aromatic N) is 1. The van der Waals surface area contributed by atoms with Gasteiger partial charge in [-0.2, -0.15) is 0 Å². The SMILES string of the molecule is CC#Cc1ccc(NC(=O)CCc2ccc(CN3CCCC3)cc2)cc1. The summed E-state index contributed by atoms with van der Waals surface area (Å²) >= 11 is 0. The highest BCUT2D eigenvalue weighted by molar-refractivity contribution is 5.90. The number of aryl methyl sites for hydroxylation is 1. The summed E-state index contributed by atoms with van der Waals surface area (Å²) in [7, 11) is 0. The zero-order valence-corrected chi connectivity index (χ0v) is 15.4. The Bertz CT molecular complexity index is 776. The maximum absolute atomic E-state index is 12.1. The Morgan fingerprint density at radius 2 is 1.65 bits per heavy atom. The molecule has 0 unspecified atom stereocenters. The number of hydrogen-bond acceptors (Lipinski definition) is 2. The molecule has 1 saturated heterocycles. The summed E-state index contributed by atoms with van der Waals surface area (Å²) < 4.78 is 0. The first kappa shape index (κ1) is 18.2. The molecule has 1 N–H and O–H groups in total. The van der Waals surface area contributed by atoms with Gasteiger partial charge in [-0.1, -0.05) is 30.2 Å². The Hall–Kier alpha value is -2.57. The van der Waals surface area contributed by atoms with E-state index in [1.54, 1.807) is 0 Å². The van der Waals surface area contributed by atoms with E-state index in [0.29, 0.717) is 6.42 Å². The van der Waals surface area contributed by atoms with Crippen LogP contribution in [-0.4, -0.2) is 23.9 Å². The molecule has 2 aromatic rings. The number of anilines is 1. The summed E-state index contributed by atoms with van der Waals surface area (Å²) in [6.07, 6.45) is 3.89. The highest BCUT2D eigenvalue weighted by Gasteiger charge is 2.11. The standard InChI is InChI=1S/C23H26N2O/c1-2-5-19-10-13-22(14-11-19)24-23(26)15-12-20-6-8-21(9-7-20)18-25-16-3-4-17-25/h6-11,13-14H,3-4,12,15-18H2,1H3,(H,24,26). The summed E-state index contributed by atoms with van der Waals surface area (Å²) in [4.78, 5) is 14.6. The molecule has 1 heterocycles. The van der Waals surface area contributed by atoms with Crippen LogP contribution in [0.4, 0.5) is 5.69 Å². The Morgan fingerprint density at radius 1 is 1.00 bits per heavy atom. The highest BCUT2D eigenvalue weighted by atomic mass is 16.1. The predicted octanol–water partition coefficient (Wildman–Crippen LogP) is 4.23. The van der Waals surface area contributed by atoms with Crippen LogP contribution in [0, 0.1) is 11.8 Å². The van der Waals surface area contributed by atoms with Gasteiger partial charge in [-0.3, -0.25) is 9.69 Å². The molecule has 3 rings (SSSR count). The monoisotopic (exact) mass is 346 g/mol. The van der Waals surface area contributed by atoms with Crippen LogP contribution in [0.2, 0.25) is 0 Å². The number of amides is 1. The quantitative estimate of drug-likeness (QED) is 0.794. The van der Waals surface area contributed by atoms with E-state index in [-0.39, 0.29) is 5.91 Å². The minimum atomic E-state index is 0.0421. The van der Waals surface area contributed by atoms with Crippen LogP contribution in [0.15, 0.2) is 48.5 Å². The molecular weight excluding hydrogens is 320 g/mol. The van der Waals surface area contributed by atoms with Crippen molar-refractivity contribution >= 4 is 11.6 Å². The fraction of sp³-hybridized carbons (Fsp3) is 0.348. The summed E-state index contributed by atoms with van der Waals surface area (Å²) in [6.45, 7) is 5.29. The van der Waals surface area contributed by atoms with Crippen LogP contribution < -0.4 is 5.32 Å². The van der Waals surface area contributed by atoms with E-state index in [2.05, 4.69) is 46.3 Å². The summed E-state index contributed by atoms with van der Waals surface area (Å²) in [5.74, 6) is 5.90. The minimum Gasteiger partial charge on any atom is -0.326 e. The van der Waals surface area contributed by atoms with Crippen molar-refractivity contribution in [3.63, 3.8) is 0 Å². The maximum atomic E-state index is 12.1. The van der Waals surface area contributed by atoms with Gasteiger partial charge in [0.1, 0.15) is 0 Å². The van der Waals surface area contributed by atoms with Gasteiger partial charge >= 0.3 is 0 Å². The van der Waals surface area contributed by atoms with Crippen LogP contribution in [0.5, 0.6) is 0 Å². The van der Waals surface area contributed by atoms with Crippen LogP contribution in [0.25, 0.3) is 0 Å². The van der Waals surface area contributed by atoms with Gasteiger partial charge in [-0.15, -0.1) is 5.92 Å². The van der Waals surface area contributed by atoms with Crippen molar-refractivity contribution in [2.24, 2.45) is 0 Å². The van der Waals surface area contributed by atoms with Crippen LogP contribution in [-0.2, 0) is 17.8 Å². The molecule has 1 aliphatic heterocycles. The normalized spacial score (nSPS) is 13.9. The topological polar surface area (TPSA) is 32.3 Å². The third-order valence-electron chi connectivity index (χ3n) is 4.71. The molecule has 3 heteroatoms. The average Bonchev–Trinajstić information content (AvgIpc) is 3.16. The van der Waals surface area contributed by atoms with E-state index in [0.717, 1.165) is 24.2 Å². The van der Waals surface area contributed by atoms with Crippen molar-refractivity contribution in [2.45, 2.75) is 39.2 Å². The number of benzene rings is 2. The summed E-state index contributed by atoms with van der Waals surface area (Å²) in [5, 5.41) is 2.95. The fourth-order valence-electron chi connectivity index (χ4n) is 3.27. The predicted molar refractivity (Wildman–Crippen MR) is 107 cm³/mol. The van der Waals surface area contributed by atoms with E-state index >= 15 is 0 Å². The van der Waals surface area contributed by atoms with Gasteiger partial charge in [0.2, 0.25) is 5.91 Å². The molecule has 3 nitrogen and oxygen atoms in total. The molecule has 0 saturated carbocycles. The third-order valence-corrected chi connectivity index (χ3v) is 4.71. The fourth-order valence-corrected chi connectivity index (χ4v) is 3.27. The zero-order chi connectivity index (χ0) is 18.2. The minimum absolute atomic E-state index is 0.0421. The van der Waals surface area contributed by atoms with Gasteiger partial charge in [0, 0.05) is 24.2 Å². The lowest BCUT2D eigenvalue weighted by atomic mass is 10.1. The van der Waals surface area contributed by atoms with Crippen LogP contribution in [0.3, 0.4) is 0 Å². The molecule has 0 aromatic heterocycles. The van der Waals surface area contributed by atoms with Crippen molar-refractivity contribution in [3.05, 3.63) is 65.2 Å². The molecule has 0 radical (unpaired) electrons. The van der Waals surface area contributed by atoms with E-state index in [9.17, 15) is 4.79 Å². The number of rotatable bonds is 6. The number of hydrogen-bond donors (Lipinski definition) is 1. The van der Waals surface area contributed by atoms with E-state index < -0.39 is 0 Å². The Kier molecular flexibility index (Phi) is 6.46. The summed E-state index contributed by atoms with van der Waals surface area (Å²) in [5.41, 5.74) is 4.34. The summed E-state index contributed by atoms with van der Waals surface area (Å²) in [6, 6.07) is 16.3. The first-order valence-corrected chi connectivity index (χ1v) is 9.36. The van der Waals surface area contributed by atoms with Crippen molar-refractivity contribution in [1.29, 1.82) is 0 Å². The van der Waals surface area contributed by atoms with Crippen molar-refractivity contribution in [3.8, 4) is 11.8 Å². The first-order chi connectivity index (χ1) is 12.7. The third kappa shape index (κ3) is 5.47. The van der Waals surface area contributed by atoms with Gasteiger partial charge in [0.05, 0.1) is 0 Å². The van der Waals surface area contributed by atoms with E-state index in [1.807, 2.05) is 31.2 Å². The first-order valence-electron chi connectivity index (χ1n) is 9.36. The molecule has 0 bridgehead atoms. The zero-order valence-electron chi connectivity index (χ0n) is 15.4. The average molecular weight is 346 g/mol. The number of carbonyl (C=O) groups excluding carboxylic acids is 1. The van der Waals surface area contributed by atoms with E-state index in [1.165, 1.54) is 37.1 Å². The van der Waals surface area contributed by atoms with Gasteiger partial charge in [0.15, 0.2) is 0 Å². The van der Waals surface area contributed by atoms with Crippen molar-refractivity contribution in [2.75, 3.05) is 18.4 Å². The van der Waals surface area contributed by atoms with Crippen LogP contribution >= 0.6 is 0 Å². The Morgan fingerprint density at radius 3 is 2.31 bits per heavy atom. The van der Waals surface area contributed by atoms with Crippen molar-refractivity contribution < 1.29 is 4.79 Å². The molecule has 0 atom stereocenters. The second-order valence-electron chi connectivity index (χ2n) is 6.80. The smallest absolute Gasteiger partial charge is 0.224 e. The largest absolute Gasteiger partial charge is 0.326 e.